The van der Waals surface area contributed by atoms with Gasteiger partial charge in [0.25, 0.3) is 17.1 Å². The molecule has 5 aromatic rings. The lowest BCUT2D eigenvalue weighted by molar-refractivity contribution is -0.385. The summed E-state index contributed by atoms with van der Waals surface area (Å²) in [4.78, 5) is 46.5. The zero-order chi connectivity index (χ0) is 51.4. The maximum Gasteiger partial charge on any atom is 0.270 e. The highest BCUT2D eigenvalue weighted by Crippen LogP contribution is 2.30. The van der Waals surface area contributed by atoms with E-state index in [9.17, 15) is 35.1 Å². The van der Waals surface area contributed by atoms with Crippen molar-refractivity contribution < 1.29 is 24.7 Å². The number of aldehydes is 1. The van der Waals surface area contributed by atoms with Crippen molar-refractivity contribution in [2.45, 2.75) is 40.9 Å². The van der Waals surface area contributed by atoms with Crippen LogP contribution >= 0.6 is 95.9 Å². The fourth-order valence-corrected chi connectivity index (χ4v) is 9.64. The van der Waals surface area contributed by atoms with Crippen LogP contribution in [-0.4, -0.2) is 100 Å². The predicted molar refractivity (Wildman–Crippen MR) is 305 cm³/mol. The molecule has 0 spiro atoms. The molecule has 0 saturated heterocycles. The van der Waals surface area contributed by atoms with Gasteiger partial charge in [-0.05, 0) is 83.9 Å². The van der Waals surface area contributed by atoms with Crippen molar-refractivity contribution >= 4 is 131 Å². The van der Waals surface area contributed by atoms with E-state index in [1.165, 1.54) is 57.0 Å². The first-order valence-electron chi connectivity index (χ1n) is 21.6. The highest BCUT2D eigenvalue weighted by atomic mass is 35.5. The largest absolute Gasteiger partial charge is 0.399 e. The van der Waals surface area contributed by atoms with Crippen molar-refractivity contribution in [2.24, 2.45) is 5.73 Å². The summed E-state index contributed by atoms with van der Waals surface area (Å²) >= 11 is 21.1. The van der Waals surface area contributed by atoms with Gasteiger partial charge in [-0.2, -0.15) is 12.6 Å². The van der Waals surface area contributed by atoms with Gasteiger partial charge in [-0.1, -0.05) is 23.2 Å². The third kappa shape index (κ3) is 24.3. The van der Waals surface area contributed by atoms with Crippen molar-refractivity contribution in [3.05, 3.63) is 159 Å². The Morgan fingerprint density at radius 1 is 0.722 bits per heavy atom. The van der Waals surface area contributed by atoms with Gasteiger partial charge in [0, 0.05) is 155 Å². The van der Waals surface area contributed by atoms with Crippen molar-refractivity contribution in [1.82, 2.24) is 20.9 Å². The number of nitro groups is 3. The monoisotopic (exact) mass is 1150 g/mol. The molecule has 8 rings (SSSR count). The second-order valence-corrected chi connectivity index (χ2v) is 19.6. The molecular formula is C46H60Cl4N10O8S4. The van der Waals surface area contributed by atoms with Gasteiger partial charge in [-0.3, -0.25) is 35.1 Å². The minimum atomic E-state index is -0.580. The van der Waals surface area contributed by atoms with Gasteiger partial charge in [0.15, 0.2) is 6.29 Å². The van der Waals surface area contributed by atoms with Crippen LogP contribution in [0.4, 0.5) is 28.4 Å². The number of benzene rings is 5. The SMILES string of the molecule is CN1CCSc2ccc(N)cc2C1.Cl.Cl.NCCO.Nc1ccc2c(c1)CNCCS2.O=Cc1cc([N+](=O)[O-])ccc1Cl.O=[N+]([O-])c1ccc(Cl)c(CNCCS)c1.O=[N+]([O-])c1ccc2c(c1)CNCCS2. The van der Waals surface area contributed by atoms with Crippen molar-refractivity contribution in [3.63, 3.8) is 0 Å². The number of nitrogens with one attached hydrogen (secondary N) is 3. The molecule has 0 saturated carbocycles. The van der Waals surface area contributed by atoms with Gasteiger partial charge < -0.3 is 43.2 Å². The second-order valence-electron chi connectivity index (χ2n) is 14.9. The minimum Gasteiger partial charge on any atom is -0.399 e. The van der Waals surface area contributed by atoms with Gasteiger partial charge in [0.05, 0.1) is 26.4 Å². The van der Waals surface area contributed by atoms with Gasteiger partial charge in [-0.25, -0.2) is 0 Å². The van der Waals surface area contributed by atoms with Gasteiger partial charge in [0.1, 0.15) is 0 Å². The first kappa shape index (κ1) is 65.9. The molecule has 18 nitrogen and oxygen atoms in total. The molecule has 0 radical (unpaired) electrons. The molecule has 5 aromatic carbocycles. The Kier molecular flexibility index (Phi) is 33.6. The number of nitrogens with two attached hydrogens (primary N) is 3. The Morgan fingerprint density at radius 2 is 1.18 bits per heavy atom. The molecular weight excluding hydrogens is 1090 g/mol. The molecule has 10 N–H and O–H groups in total. The van der Waals surface area contributed by atoms with E-state index in [0.29, 0.717) is 30.2 Å². The van der Waals surface area contributed by atoms with E-state index >= 15 is 0 Å². The third-order valence-electron chi connectivity index (χ3n) is 9.59. The van der Waals surface area contributed by atoms with Crippen LogP contribution < -0.4 is 33.2 Å². The van der Waals surface area contributed by atoms with Crippen LogP contribution in [0.25, 0.3) is 0 Å². The summed E-state index contributed by atoms with van der Waals surface area (Å²) in [6.07, 6.45) is 0.481. The first-order valence-corrected chi connectivity index (χ1v) is 25.9. The molecule has 0 amide bonds. The number of rotatable bonds is 9. The van der Waals surface area contributed by atoms with Gasteiger partial charge in [-0.15, -0.1) is 60.1 Å². The molecule has 72 heavy (non-hydrogen) atoms. The number of nitrogens with zero attached hydrogens (tertiary/aromatic N) is 4. The number of hydrogen-bond acceptors (Lipinski definition) is 19. The number of non-ortho nitro benzene ring substituents is 3. The van der Waals surface area contributed by atoms with Crippen LogP contribution in [0.1, 0.15) is 32.6 Å². The Balaban J connectivity index is 0.000000439. The first-order chi connectivity index (χ1) is 33.6. The summed E-state index contributed by atoms with van der Waals surface area (Å²) in [6.45, 7) is 7.61. The maximum absolute atomic E-state index is 10.6. The van der Waals surface area contributed by atoms with E-state index in [1.54, 1.807) is 23.9 Å². The molecule has 0 atom stereocenters. The molecule has 0 aromatic heterocycles. The Labute approximate surface area is 459 Å². The molecule has 3 heterocycles. The lowest BCUT2D eigenvalue weighted by atomic mass is 10.2. The molecule has 0 unspecified atom stereocenters. The lowest BCUT2D eigenvalue weighted by Gasteiger charge is -2.12. The molecule has 26 heteroatoms. The van der Waals surface area contributed by atoms with Crippen LogP contribution in [0, 0.1) is 30.3 Å². The predicted octanol–water partition coefficient (Wildman–Crippen LogP) is 9.17. The molecule has 3 aliphatic heterocycles. The average molecular weight is 1150 g/mol. The molecule has 0 fully saturated rings. The van der Waals surface area contributed by atoms with E-state index < -0.39 is 9.85 Å². The van der Waals surface area contributed by atoms with E-state index in [4.69, 9.17) is 45.5 Å². The number of anilines is 2. The quantitative estimate of drug-likeness (QED) is 0.0170. The topological polar surface area (TPSA) is 284 Å². The van der Waals surface area contributed by atoms with Crippen LogP contribution in [0.2, 0.25) is 10.0 Å². The number of thiol groups is 1. The third-order valence-corrected chi connectivity index (χ3v) is 13.9. The van der Waals surface area contributed by atoms with E-state index in [2.05, 4.69) is 64.8 Å². The van der Waals surface area contributed by atoms with E-state index in [-0.39, 0.29) is 64.0 Å². The van der Waals surface area contributed by atoms with Crippen LogP contribution in [0.15, 0.2) is 106 Å². The number of thioether (sulfide) groups is 3. The van der Waals surface area contributed by atoms with E-state index in [0.717, 1.165) is 90.8 Å². The number of hydrogen-bond donors (Lipinski definition) is 8. The fourth-order valence-electron chi connectivity index (χ4n) is 6.14. The van der Waals surface area contributed by atoms with Crippen LogP contribution in [0.3, 0.4) is 0 Å². The number of fused-ring (bicyclic) bond motifs is 3. The minimum absolute atomic E-state index is 0. The van der Waals surface area contributed by atoms with Crippen molar-refractivity contribution in [2.75, 3.05) is 80.9 Å². The lowest BCUT2D eigenvalue weighted by Crippen LogP contribution is -2.18. The van der Waals surface area contributed by atoms with Crippen LogP contribution in [0.5, 0.6) is 0 Å². The number of halogens is 4. The molecule has 394 valence electrons. The molecule has 3 aliphatic rings. The van der Waals surface area contributed by atoms with Gasteiger partial charge >= 0.3 is 0 Å². The molecule has 0 bridgehead atoms. The number of aliphatic hydroxyl groups is 1. The molecule has 0 aliphatic carbocycles. The highest BCUT2D eigenvalue weighted by molar-refractivity contribution is 7.99. The Morgan fingerprint density at radius 3 is 1.71 bits per heavy atom. The number of nitrogen functional groups attached to an aromatic ring is 2. The Bertz CT molecular complexity index is 2490. The van der Waals surface area contributed by atoms with Crippen molar-refractivity contribution in [3.8, 4) is 0 Å². The zero-order valence-electron chi connectivity index (χ0n) is 39.2. The average Bonchev–Trinajstić information content (AvgIpc) is 3.82. The summed E-state index contributed by atoms with van der Waals surface area (Å²) in [6, 6.07) is 25.5. The number of carbonyl (C=O) groups is 1. The highest BCUT2D eigenvalue weighted by Gasteiger charge is 2.14. The number of aliphatic hydroxyl groups excluding tert-OH is 1. The fraction of sp³-hybridized carbons (Fsp3) is 0.326. The number of nitro benzene ring substituents is 3. The van der Waals surface area contributed by atoms with E-state index in [1.807, 2.05) is 41.7 Å². The standard InChI is InChI=1S/C10H14N2S.C9H11ClN2O2S.C9H10N2O2S.C9H12N2S.C7H4ClNO3.C2H7NO.2ClH/c1-12-4-5-13-10-3-2-9(11)6-8(10)7-12;10-9-2-1-8(12(13)14)5-7(9)6-11-3-4-15;12-11(13)8-1-2-9-7(5-8)6-10-3-4-14-9;10-8-1-2-9-7(5-8)6-11-3-4-12-9;8-7-2-1-6(9(11)12)3-5(7)4-10;3-1-2-4;;/h2-3,6H,4-5,7,11H2,1H3;1-2,5,11,15H,3-4,6H2;1-2,5,10H,3-4,6H2;1-2,5,11H,3-4,6,10H2;1-4H;4H,1-3H2;2*1H. The summed E-state index contributed by atoms with van der Waals surface area (Å²) in [5, 5.41) is 49.5. The van der Waals surface area contributed by atoms with Crippen molar-refractivity contribution in [1.29, 1.82) is 0 Å². The summed E-state index contributed by atoms with van der Waals surface area (Å²) in [5.41, 5.74) is 22.6. The zero-order valence-corrected chi connectivity index (χ0v) is 45.7. The summed E-state index contributed by atoms with van der Waals surface area (Å²) in [7, 11) is 2.15. The maximum atomic E-state index is 10.6. The Hall–Kier alpha value is -4.11. The number of carbonyl (C=O) groups excluding carboxylic acids is 1. The second kappa shape index (κ2) is 36.8. The van der Waals surface area contributed by atoms with Gasteiger partial charge in [0.2, 0.25) is 0 Å². The smallest absolute Gasteiger partial charge is 0.270 e. The normalized spacial score (nSPS) is 13.2. The van der Waals surface area contributed by atoms with Crippen LogP contribution in [-0.2, 0) is 26.2 Å². The summed E-state index contributed by atoms with van der Waals surface area (Å²) < 4.78 is 0. The summed E-state index contributed by atoms with van der Waals surface area (Å²) in [5.74, 6) is 4.06.